The van der Waals surface area contributed by atoms with Gasteiger partial charge in [0.15, 0.2) is 6.20 Å². The third kappa shape index (κ3) is 2.02. The number of aromatic nitrogens is 1. The molecule has 2 nitrogen and oxygen atoms in total. The van der Waals surface area contributed by atoms with Gasteiger partial charge < -0.3 is 4.42 Å². The van der Waals surface area contributed by atoms with E-state index in [0.29, 0.717) is 22.1 Å². The van der Waals surface area contributed by atoms with Gasteiger partial charge in [-0.15, -0.1) is 0 Å². The summed E-state index contributed by atoms with van der Waals surface area (Å²) >= 11 is 0. The summed E-state index contributed by atoms with van der Waals surface area (Å²) in [5.41, 5.74) is 4.46. The van der Waals surface area contributed by atoms with Gasteiger partial charge in [0.1, 0.15) is 18.2 Å². The first kappa shape index (κ1) is 12.3. The minimum atomic E-state index is -2.24. The Morgan fingerprint density at radius 3 is 2.62 bits per heavy atom. The molecule has 2 heterocycles. The number of aryl methyl sites for hydroxylation is 3. The summed E-state index contributed by atoms with van der Waals surface area (Å²) in [6.07, 6.45) is 1.98. The lowest BCUT2D eigenvalue weighted by molar-refractivity contribution is -0.660. The fourth-order valence-electron chi connectivity index (χ4n) is 3.94. The predicted molar refractivity (Wildman–Crippen MR) is 107 cm³/mol. The number of pyridine rings is 1. The zero-order valence-electron chi connectivity index (χ0n) is 17.7. The van der Waals surface area contributed by atoms with E-state index in [0.717, 1.165) is 33.0 Å². The molecule has 3 aromatic carbocycles. The van der Waals surface area contributed by atoms with Crippen LogP contribution in [-0.2, 0) is 7.05 Å². The summed E-state index contributed by atoms with van der Waals surface area (Å²) < 4.78 is 32.9. The van der Waals surface area contributed by atoms with Crippen molar-refractivity contribution in [3.63, 3.8) is 0 Å². The second-order valence-corrected chi connectivity index (χ2v) is 6.78. The topological polar surface area (TPSA) is 17.0 Å². The van der Waals surface area contributed by atoms with Gasteiger partial charge in [-0.25, -0.2) is 4.57 Å². The number of furan rings is 1. The number of benzene rings is 3. The first-order valence-electron chi connectivity index (χ1n) is 10.2. The van der Waals surface area contributed by atoms with Crippen LogP contribution in [0.1, 0.15) is 15.2 Å². The Labute approximate surface area is 156 Å². The second kappa shape index (κ2) is 5.43. The normalized spacial score (nSPS) is 13.8. The number of fused-ring (bicyclic) bond motifs is 5. The van der Waals surface area contributed by atoms with Crippen molar-refractivity contribution in [2.45, 2.75) is 13.8 Å². The smallest absolute Gasteiger partial charge is 0.216 e. The van der Waals surface area contributed by atoms with E-state index >= 15 is 0 Å². The summed E-state index contributed by atoms with van der Waals surface area (Å²) in [5.74, 6) is 0. The Morgan fingerprint density at radius 2 is 1.77 bits per heavy atom. The SMILES string of the molecule is [2H]C([2H])([2H])c1cc(C)c(-c2cccc[n+]2C)c2oc3ccc4ccccc4c3c12. The molecule has 0 aliphatic carbocycles. The molecule has 0 saturated heterocycles. The summed E-state index contributed by atoms with van der Waals surface area (Å²) in [5, 5.41) is 3.61. The molecule has 0 bridgehead atoms. The monoisotopic (exact) mass is 341 g/mol. The fraction of sp³-hybridized carbons (Fsp3) is 0.125. The molecule has 126 valence electrons. The number of nitrogens with zero attached hydrogens (tertiary/aromatic N) is 1. The number of hydrogen-bond donors (Lipinski definition) is 0. The highest BCUT2D eigenvalue weighted by atomic mass is 16.3. The molecule has 5 rings (SSSR count). The quantitative estimate of drug-likeness (QED) is 0.350. The zero-order chi connectivity index (χ0) is 20.3. The second-order valence-electron chi connectivity index (χ2n) is 6.78. The number of hydrogen-bond acceptors (Lipinski definition) is 1. The maximum absolute atomic E-state index is 8.18. The van der Waals surface area contributed by atoms with Crippen LogP contribution in [0.3, 0.4) is 0 Å². The largest absolute Gasteiger partial charge is 0.455 e. The molecule has 0 unspecified atom stereocenters. The molecule has 5 aromatic rings. The lowest BCUT2D eigenvalue weighted by atomic mass is 9.95. The fourth-order valence-corrected chi connectivity index (χ4v) is 3.94. The molecule has 0 atom stereocenters. The number of rotatable bonds is 1. The standard InChI is InChI=1S/C24H20NO/c1-15-14-16(2)22-23-18-9-5-4-8-17(18)11-12-20(23)26-24(22)21(15)19-10-6-7-13-25(19)3/h4-14H,1-3H3/q+1/i2D3. The van der Waals surface area contributed by atoms with Crippen molar-refractivity contribution in [1.29, 1.82) is 0 Å². The van der Waals surface area contributed by atoms with E-state index in [1.165, 1.54) is 0 Å². The van der Waals surface area contributed by atoms with Gasteiger partial charge in [0.2, 0.25) is 5.69 Å². The molecular formula is C24H20NO+. The van der Waals surface area contributed by atoms with Crippen LogP contribution in [0.4, 0.5) is 0 Å². The maximum atomic E-state index is 8.18. The molecule has 0 N–H and O–H groups in total. The van der Waals surface area contributed by atoms with E-state index in [1.54, 1.807) is 6.07 Å². The Bertz CT molecular complexity index is 1410. The van der Waals surface area contributed by atoms with Crippen molar-refractivity contribution < 1.29 is 13.1 Å². The van der Waals surface area contributed by atoms with Crippen LogP contribution >= 0.6 is 0 Å². The minimum absolute atomic E-state index is 0.336. The van der Waals surface area contributed by atoms with Crippen LogP contribution in [0.25, 0.3) is 44.0 Å². The van der Waals surface area contributed by atoms with Gasteiger partial charge in [-0.2, -0.15) is 0 Å². The zero-order valence-corrected chi connectivity index (χ0v) is 14.7. The van der Waals surface area contributed by atoms with E-state index in [2.05, 4.69) is 0 Å². The average molecular weight is 341 g/mol. The molecular weight excluding hydrogens is 318 g/mol. The Kier molecular flexibility index (Phi) is 2.56. The lowest BCUT2D eigenvalue weighted by Gasteiger charge is -2.08. The minimum Gasteiger partial charge on any atom is -0.455 e. The predicted octanol–water partition coefficient (Wildman–Crippen LogP) is 5.85. The Balaban J connectivity index is 2.06. The van der Waals surface area contributed by atoms with Crippen LogP contribution < -0.4 is 4.57 Å². The van der Waals surface area contributed by atoms with E-state index in [9.17, 15) is 0 Å². The van der Waals surface area contributed by atoms with Crippen LogP contribution in [0, 0.1) is 13.8 Å². The Morgan fingerprint density at radius 1 is 0.923 bits per heavy atom. The summed E-state index contributed by atoms with van der Waals surface area (Å²) in [7, 11) is 1.98. The average Bonchev–Trinajstić information content (AvgIpc) is 3.07. The van der Waals surface area contributed by atoms with Crippen molar-refractivity contribution in [2.75, 3.05) is 0 Å². The molecule has 0 saturated carbocycles. The third-order valence-corrected chi connectivity index (χ3v) is 5.14. The molecule has 0 fully saturated rings. The van der Waals surface area contributed by atoms with Crippen molar-refractivity contribution in [1.82, 2.24) is 0 Å². The van der Waals surface area contributed by atoms with Crippen LogP contribution in [-0.4, -0.2) is 0 Å². The molecule has 0 aliphatic rings. The molecule has 0 aliphatic heterocycles. The van der Waals surface area contributed by atoms with Gasteiger partial charge in [-0.05, 0) is 47.8 Å². The highest BCUT2D eigenvalue weighted by Gasteiger charge is 2.22. The van der Waals surface area contributed by atoms with Crippen LogP contribution in [0.5, 0.6) is 0 Å². The lowest BCUT2D eigenvalue weighted by Crippen LogP contribution is -2.30. The van der Waals surface area contributed by atoms with E-state index in [1.807, 2.05) is 79.3 Å². The molecule has 0 amide bonds. The summed E-state index contributed by atoms with van der Waals surface area (Å²) in [4.78, 5) is 0. The molecule has 26 heavy (non-hydrogen) atoms. The third-order valence-electron chi connectivity index (χ3n) is 5.14. The van der Waals surface area contributed by atoms with Gasteiger partial charge in [-0.3, -0.25) is 0 Å². The van der Waals surface area contributed by atoms with Crippen molar-refractivity contribution in [3.8, 4) is 11.3 Å². The van der Waals surface area contributed by atoms with Crippen molar-refractivity contribution in [2.24, 2.45) is 7.05 Å². The van der Waals surface area contributed by atoms with Gasteiger partial charge in [0.25, 0.3) is 0 Å². The Hall–Kier alpha value is -3.13. The van der Waals surface area contributed by atoms with Gasteiger partial charge in [-0.1, -0.05) is 36.4 Å². The van der Waals surface area contributed by atoms with Crippen molar-refractivity contribution >= 4 is 32.7 Å². The first-order chi connectivity index (χ1) is 13.9. The van der Waals surface area contributed by atoms with E-state index in [4.69, 9.17) is 8.53 Å². The van der Waals surface area contributed by atoms with E-state index < -0.39 is 6.85 Å². The summed E-state index contributed by atoms with van der Waals surface area (Å²) in [6.45, 7) is -0.295. The molecule has 2 heteroatoms. The first-order valence-corrected chi connectivity index (χ1v) is 8.69. The highest BCUT2D eigenvalue weighted by Crippen LogP contribution is 2.41. The van der Waals surface area contributed by atoms with Gasteiger partial charge in [0, 0.05) is 27.0 Å². The van der Waals surface area contributed by atoms with Gasteiger partial charge in [0.05, 0.1) is 5.56 Å². The van der Waals surface area contributed by atoms with Crippen LogP contribution in [0.2, 0.25) is 0 Å². The molecule has 2 aromatic heterocycles. The molecule has 0 radical (unpaired) electrons. The van der Waals surface area contributed by atoms with E-state index in [-0.39, 0.29) is 0 Å². The van der Waals surface area contributed by atoms with Gasteiger partial charge >= 0.3 is 0 Å². The molecule has 0 spiro atoms. The van der Waals surface area contributed by atoms with Crippen LogP contribution in [0.15, 0.2) is 71.3 Å². The van der Waals surface area contributed by atoms with Crippen molar-refractivity contribution in [3.05, 3.63) is 78.0 Å². The maximum Gasteiger partial charge on any atom is 0.216 e. The highest BCUT2D eigenvalue weighted by molar-refractivity contribution is 6.21. The summed E-state index contributed by atoms with van der Waals surface area (Å²) in [6, 6.07) is 19.8.